The molecule has 3 rings (SSSR count). The fourth-order valence-electron chi connectivity index (χ4n) is 2.29. The van der Waals surface area contributed by atoms with Crippen LogP contribution in [0.5, 0.6) is 0 Å². The standard InChI is InChI=1S/C17H14OS2/c1-11-9-15(17(19-2)20-11)16(18)14-8-7-12-5-3-4-6-13(12)10-14/h3-10H,1-2H3. The maximum absolute atomic E-state index is 12.7. The molecule has 20 heavy (non-hydrogen) atoms. The Kier molecular flexibility index (Phi) is 3.64. The minimum Gasteiger partial charge on any atom is -0.289 e. The molecule has 0 unspecified atom stereocenters. The summed E-state index contributed by atoms with van der Waals surface area (Å²) in [5.74, 6) is 0.115. The molecule has 0 amide bonds. The second-order valence-electron chi connectivity index (χ2n) is 4.65. The number of rotatable bonds is 3. The van der Waals surface area contributed by atoms with Crippen LogP contribution in [-0.4, -0.2) is 12.0 Å². The van der Waals surface area contributed by atoms with E-state index in [4.69, 9.17) is 0 Å². The van der Waals surface area contributed by atoms with Crippen molar-refractivity contribution in [2.24, 2.45) is 0 Å². The first-order valence-electron chi connectivity index (χ1n) is 6.37. The third-order valence-electron chi connectivity index (χ3n) is 3.26. The highest BCUT2D eigenvalue weighted by Crippen LogP contribution is 2.32. The summed E-state index contributed by atoms with van der Waals surface area (Å²) < 4.78 is 1.10. The maximum atomic E-state index is 12.7. The Morgan fingerprint density at radius 1 is 1.05 bits per heavy atom. The van der Waals surface area contributed by atoms with Crippen molar-refractivity contribution >= 4 is 39.7 Å². The lowest BCUT2D eigenvalue weighted by molar-refractivity contribution is 0.103. The number of hydrogen-bond acceptors (Lipinski definition) is 3. The lowest BCUT2D eigenvalue weighted by Crippen LogP contribution is -2.00. The molecule has 100 valence electrons. The first kappa shape index (κ1) is 13.4. The van der Waals surface area contributed by atoms with Crippen LogP contribution in [0, 0.1) is 6.92 Å². The van der Waals surface area contributed by atoms with Crippen molar-refractivity contribution in [1.29, 1.82) is 0 Å². The van der Waals surface area contributed by atoms with Crippen molar-refractivity contribution in [3.63, 3.8) is 0 Å². The number of fused-ring (bicyclic) bond motifs is 1. The van der Waals surface area contributed by atoms with E-state index >= 15 is 0 Å². The molecule has 3 aromatic rings. The number of benzene rings is 2. The van der Waals surface area contributed by atoms with E-state index in [1.165, 1.54) is 4.88 Å². The Balaban J connectivity index is 2.07. The molecule has 0 fully saturated rings. The number of thiophene rings is 1. The zero-order valence-corrected chi connectivity index (χ0v) is 13.0. The molecule has 0 saturated carbocycles. The SMILES string of the molecule is CSc1sc(C)cc1C(=O)c1ccc2ccccc2c1. The number of carbonyl (C=O) groups is 1. The molecular weight excluding hydrogens is 284 g/mol. The van der Waals surface area contributed by atoms with Crippen molar-refractivity contribution in [3.8, 4) is 0 Å². The number of ketones is 1. The predicted molar refractivity (Wildman–Crippen MR) is 88.2 cm³/mol. The molecule has 0 aliphatic heterocycles. The van der Waals surface area contributed by atoms with E-state index in [-0.39, 0.29) is 5.78 Å². The molecule has 0 N–H and O–H groups in total. The Morgan fingerprint density at radius 2 is 1.80 bits per heavy atom. The van der Waals surface area contributed by atoms with E-state index < -0.39 is 0 Å². The first-order chi connectivity index (χ1) is 9.69. The monoisotopic (exact) mass is 298 g/mol. The second kappa shape index (κ2) is 5.43. The van der Waals surface area contributed by atoms with Gasteiger partial charge in [-0.15, -0.1) is 23.1 Å². The highest BCUT2D eigenvalue weighted by Gasteiger charge is 2.16. The lowest BCUT2D eigenvalue weighted by Gasteiger charge is -2.03. The van der Waals surface area contributed by atoms with Gasteiger partial charge in [-0.25, -0.2) is 0 Å². The van der Waals surface area contributed by atoms with E-state index in [2.05, 4.69) is 6.07 Å². The van der Waals surface area contributed by atoms with E-state index in [1.54, 1.807) is 23.1 Å². The quantitative estimate of drug-likeness (QED) is 0.490. The van der Waals surface area contributed by atoms with Crippen LogP contribution in [0.25, 0.3) is 10.8 Å². The third-order valence-corrected chi connectivity index (χ3v) is 5.45. The van der Waals surface area contributed by atoms with Crippen LogP contribution in [-0.2, 0) is 0 Å². The van der Waals surface area contributed by atoms with Gasteiger partial charge in [-0.05, 0) is 36.1 Å². The summed E-state index contributed by atoms with van der Waals surface area (Å²) in [7, 11) is 0. The number of carbonyl (C=O) groups excluding carboxylic acids is 1. The van der Waals surface area contributed by atoms with Gasteiger partial charge in [-0.1, -0.05) is 36.4 Å². The molecular formula is C17H14OS2. The summed E-state index contributed by atoms with van der Waals surface area (Å²) in [4.78, 5) is 13.9. The molecule has 3 heteroatoms. The van der Waals surface area contributed by atoms with Crippen LogP contribution in [0.3, 0.4) is 0 Å². The van der Waals surface area contributed by atoms with Gasteiger partial charge in [0.15, 0.2) is 5.78 Å². The fraction of sp³-hybridized carbons (Fsp3) is 0.118. The average molecular weight is 298 g/mol. The van der Waals surface area contributed by atoms with Crippen LogP contribution >= 0.6 is 23.1 Å². The van der Waals surface area contributed by atoms with Gasteiger partial charge in [0, 0.05) is 16.0 Å². The minimum atomic E-state index is 0.115. The number of hydrogen-bond donors (Lipinski definition) is 0. The van der Waals surface area contributed by atoms with Crippen LogP contribution in [0.1, 0.15) is 20.8 Å². The van der Waals surface area contributed by atoms with Gasteiger partial charge in [-0.3, -0.25) is 4.79 Å². The average Bonchev–Trinajstić information content (AvgIpc) is 2.87. The highest BCUT2D eigenvalue weighted by molar-refractivity contribution is 8.00. The van der Waals surface area contributed by atoms with Crippen molar-refractivity contribution in [2.45, 2.75) is 11.1 Å². The highest BCUT2D eigenvalue weighted by atomic mass is 32.2. The number of thioether (sulfide) groups is 1. The van der Waals surface area contributed by atoms with E-state index in [0.717, 1.165) is 26.1 Å². The number of aryl methyl sites for hydroxylation is 1. The second-order valence-corrected chi connectivity index (χ2v) is 6.98. The molecule has 1 heterocycles. The third kappa shape index (κ3) is 2.39. The van der Waals surface area contributed by atoms with Gasteiger partial charge in [-0.2, -0.15) is 0 Å². The van der Waals surface area contributed by atoms with Gasteiger partial charge in [0.05, 0.1) is 4.21 Å². The Bertz CT molecular complexity index is 787. The molecule has 0 aliphatic carbocycles. The molecule has 0 saturated heterocycles. The van der Waals surface area contributed by atoms with Crippen molar-refractivity contribution in [2.75, 3.05) is 6.26 Å². The topological polar surface area (TPSA) is 17.1 Å². The van der Waals surface area contributed by atoms with Gasteiger partial charge < -0.3 is 0 Å². The van der Waals surface area contributed by atoms with E-state index in [1.807, 2.05) is 55.6 Å². The normalized spacial score (nSPS) is 10.9. The smallest absolute Gasteiger partial charge is 0.195 e. The summed E-state index contributed by atoms with van der Waals surface area (Å²) in [6.07, 6.45) is 2.02. The Labute approximate surface area is 126 Å². The molecule has 1 aromatic heterocycles. The van der Waals surface area contributed by atoms with Gasteiger partial charge in [0.25, 0.3) is 0 Å². The summed E-state index contributed by atoms with van der Waals surface area (Å²) in [6, 6.07) is 16.0. The van der Waals surface area contributed by atoms with Gasteiger partial charge in [0.1, 0.15) is 0 Å². The lowest BCUT2D eigenvalue weighted by atomic mass is 10.0. The Morgan fingerprint density at radius 3 is 2.55 bits per heavy atom. The zero-order valence-electron chi connectivity index (χ0n) is 11.3. The summed E-state index contributed by atoms with van der Waals surface area (Å²) >= 11 is 3.32. The Hall–Kier alpha value is -1.58. The predicted octanol–water partition coefficient (Wildman–Crippen LogP) is 5.16. The van der Waals surface area contributed by atoms with Gasteiger partial charge >= 0.3 is 0 Å². The van der Waals surface area contributed by atoms with Crippen molar-refractivity contribution in [1.82, 2.24) is 0 Å². The molecule has 0 spiro atoms. The van der Waals surface area contributed by atoms with E-state index in [0.29, 0.717) is 0 Å². The molecule has 0 bridgehead atoms. The molecule has 0 aliphatic rings. The van der Waals surface area contributed by atoms with E-state index in [9.17, 15) is 4.79 Å². The molecule has 2 aromatic carbocycles. The molecule has 1 nitrogen and oxygen atoms in total. The maximum Gasteiger partial charge on any atom is 0.195 e. The van der Waals surface area contributed by atoms with Gasteiger partial charge in [0.2, 0.25) is 0 Å². The summed E-state index contributed by atoms with van der Waals surface area (Å²) in [5.41, 5.74) is 1.59. The summed E-state index contributed by atoms with van der Waals surface area (Å²) in [5, 5.41) is 2.27. The van der Waals surface area contributed by atoms with Crippen molar-refractivity contribution < 1.29 is 4.79 Å². The van der Waals surface area contributed by atoms with Crippen LogP contribution < -0.4 is 0 Å². The zero-order chi connectivity index (χ0) is 14.1. The fourth-order valence-corrected chi connectivity index (χ4v) is 4.12. The van der Waals surface area contributed by atoms with Crippen LogP contribution in [0.2, 0.25) is 0 Å². The molecule has 0 radical (unpaired) electrons. The summed E-state index contributed by atoms with van der Waals surface area (Å²) in [6.45, 7) is 2.04. The van der Waals surface area contributed by atoms with Crippen molar-refractivity contribution in [3.05, 3.63) is 64.5 Å². The molecule has 0 atom stereocenters. The largest absolute Gasteiger partial charge is 0.289 e. The van der Waals surface area contributed by atoms with Crippen LogP contribution in [0.4, 0.5) is 0 Å². The first-order valence-corrected chi connectivity index (χ1v) is 8.41. The van der Waals surface area contributed by atoms with Crippen LogP contribution in [0.15, 0.2) is 52.7 Å². The minimum absolute atomic E-state index is 0.115.